The fourth-order valence-corrected chi connectivity index (χ4v) is 1.18. The van der Waals surface area contributed by atoms with Gasteiger partial charge in [-0.2, -0.15) is 10.4 Å². The monoisotopic (exact) mass is 212 g/mol. The van der Waals surface area contributed by atoms with Gasteiger partial charge in [0, 0.05) is 18.0 Å². The molecule has 2 aromatic rings. The van der Waals surface area contributed by atoms with Gasteiger partial charge in [-0.1, -0.05) is 0 Å². The maximum absolute atomic E-state index is 8.90. The molecule has 1 heterocycles. The summed E-state index contributed by atoms with van der Waals surface area (Å²) in [5, 5.41) is 16.3. The van der Waals surface area contributed by atoms with Crippen LogP contribution in [-0.4, -0.2) is 10.2 Å². The average molecular weight is 212 g/mol. The lowest BCUT2D eigenvalue weighted by molar-refractivity contribution is 0.454. The minimum absolute atomic E-state index is 0.337. The maximum Gasteiger partial charge on any atom is 0.238 e. The van der Waals surface area contributed by atoms with Crippen LogP contribution in [0.25, 0.3) is 0 Å². The molecule has 0 bridgehead atoms. The molecular weight excluding hydrogens is 204 g/mol. The Balaban J connectivity index is 2.32. The van der Waals surface area contributed by atoms with Crippen molar-refractivity contribution in [3.05, 3.63) is 42.1 Å². The molecule has 1 aromatic heterocycles. The average Bonchev–Trinajstić information content (AvgIpc) is 2.33. The predicted octanol–water partition coefficient (Wildman–Crippen LogP) is 1.72. The van der Waals surface area contributed by atoms with Crippen molar-refractivity contribution >= 4 is 5.69 Å². The molecule has 5 nitrogen and oxygen atoms in total. The van der Waals surface area contributed by atoms with E-state index in [1.165, 1.54) is 0 Å². The van der Waals surface area contributed by atoms with Crippen LogP contribution in [-0.2, 0) is 0 Å². The number of nitrogens with two attached hydrogens (primary N) is 1. The van der Waals surface area contributed by atoms with Gasteiger partial charge in [0.15, 0.2) is 0 Å². The Hall–Kier alpha value is -2.61. The molecular formula is C11H8N4O. The summed E-state index contributed by atoms with van der Waals surface area (Å²) in [5.74, 6) is 0.751. The summed E-state index contributed by atoms with van der Waals surface area (Å²) in [5.41, 5.74) is 6.44. The molecule has 1 aromatic carbocycles. The molecule has 0 aliphatic carbocycles. The molecule has 0 fully saturated rings. The summed E-state index contributed by atoms with van der Waals surface area (Å²) < 4.78 is 5.40. The van der Waals surface area contributed by atoms with Gasteiger partial charge in [0.1, 0.15) is 11.8 Å². The highest BCUT2D eigenvalue weighted by Gasteiger charge is 2.05. The number of rotatable bonds is 2. The van der Waals surface area contributed by atoms with Crippen LogP contribution >= 0.6 is 0 Å². The van der Waals surface area contributed by atoms with E-state index in [9.17, 15) is 0 Å². The lowest BCUT2D eigenvalue weighted by atomic mass is 10.2. The van der Waals surface area contributed by atoms with E-state index >= 15 is 0 Å². The van der Waals surface area contributed by atoms with Crippen LogP contribution in [0.15, 0.2) is 36.5 Å². The highest BCUT2D eigenvalue weighted by molar-refractivity contribution is 5.53. The molecule has 0 saturated carbocycles. The first-order chi connectivity index (χ1) is 7.79. The third kappa shape index (κ3) is 2.07. The van der Waals surface area contributed by atoms with Gasteiger partial charge in [-0.15, -0.1) is 5.10 Å². The second-order valence-corrected chi connectivity index (χ2v) is 3.03. The molecule has 0 radical (unpaired) electrons. The van der Waals surface area contributed by atoms with E-state index in [0.717, 1.165) is 0 Å². The lowest BCUT2D eigenvalue weighted by Gasteiger charge is -2.05. The molecule has 5 heteroatoms. The Morgan fingerprint density at radius 3 is 2.88 bits per heavy atom. The quantitative estimate of drug-likeness (QED) is 0.766. The Morgan fingerprint density at radius 2 is 2.19 bits per heavy atom. The van der Waals surface area contributed by atoms with Crippen LogP contribution < -0.4 is 10.5 Å². The molecule has 0 unspecified atom stereocenters. The summed E-state index contributed by atoms with van der Waals surface area (Å²) >= 11 is 0. The molecule has 2 rings (SSSR count). The first-order valence-corrected chi connectivity index (χ1v) is 4.55. The third-order valence-electron chi connectivity index (χ3n) is 1.89. The standard InChI is InChI=1S/C11H8N4O/c12-7-8-6-9(13)3-4-10(8)16-11-2-1-5-14-15-11/h1-6H,13H2. The van der Waals surface area contributed by atoms with E-state index < -0.39 is 0 Å². The molecule has 0 amide bonds. The largest absolute Gasteiger partial charge is 0.436 e. The van der Waals surface area contributed by atoms with Crippen molar-refractivity contribution in [1.29, 1.82) is 5.26 Å². The topological polar surface area (TPSA) is 84.8 Å². The first-order valence-electron chi connectivity index (χ1n) is 4.55. The van der Waals surface area contributed by atoms with Crippen LogP contribution in [0, 0.1) is 11.3 Å². The number of aromatic nitrogens is 2. The molecule has 16 heavy (non-hydrogen) atoms. The van der Waals surface area contributed by atoms with Crippen molar-refractivity contribution in [2.24, 2.45) is 0 Å². The maximum atomic E-state index is 8.90. The Kier molecular flexibility index (Phi) is 2.65. The number of benzene rings is 1. The summed E-state index contributed by atoms with van der Waals surface area (Å²) in [6.07, 6.45) is 1.54. The number of hydrogen-bond acceptors (Lipinski definition) is 5. The van der Waals surface area contributed by atoms with E-state index in [0.29, 0.717) is 22.9 Å². The molecule has 0 saturated heterocycles. The Morgan fingerprint density at radius 1 is 1.31 bits per heavy atom. The van der Waals surface area contributed by atoms with Gasteiger partial charge in [0.25, 0.3) is 0 Å². The van der Waals surface area contributed by atoms with Crippen molar-refractivity contribution in [2.75, 3.05) is 5.73 Å². The van der Waals surface area contributed by atoms with Gasteiger partial charge in [-0.3, -0.25) is 0 Å². The number of nitrogens with zero attached hydrogens (tertiary/aromatic N) is 3. The molecule has 0 atom stereocenters. The van der Waals surface area contributed by atoms with E-state index in [2.05, 4.69) is 10.2 Å². The number of ether oxygens (including phenoxy) is 1. The zero-order chi connectivity index (χ0) is 11.4. The van der Waals surface area contributed by atoms with Crippen LogP contribution in [0.1, 0.15) is 5.56 Å². The Bertz CT molecular complexity index is 533. The van der Waals surface area contributed by atoms with E-state index in [1.807, 2.05) is 6.07 Å². The predicted molar refractivity (Wildman–Crippen MR) is 57.7 cm³/mol. The van der Waals surface area contributed by atoms with Crippen molar-refractivity contribution < 1.29 is 4.74 Å². The van der Waals surface area contributed by atoms with Gasteiger partial charge in [0.2, 0.25) is 5.88 Å². The van der Waals surface area contributed by atoms with Crippen molar-refractivity contribution in [3.63, 3.8) is 0 Å². The highest BCUT2D eigenvalue weighted by atomic mass is 16.5. The minimum atomic E-state index is 0.337. The molecule has 2 N–H and O–H groups in total. The SMILES string of the molecule is N#Cc1cc(N)ccc1Oc1cccnn1. The summed E-state index contributed by atoms with van der Waals surface area (Å²) in [7, 11) is 0. The fourth-order valence-electron chi connectivity index (χ4n) is 1.18. The number of anilines is 1. The summed E-state index contributed by atoms with van der Waals surface area (Å²) in [6, 6.07) is 10.2. The zero-order valence-corrected chi connectivity index (χ0v) is 8.29. The van der Waals surface area contributed by atoms with Gasteiger partial charge in [-0.25, -0.2) is 0 Å². The molecule has 78 valence electrons. The number of nitrogen functional groups attached to an aromatic ring is 1. The lowest BCUT2D eigenvalue weighted by Crippen LogP contribution is -1.93. The number of nitriles is 1. The van der Waals surface area contributed by atoms with Gasteiger partial charge >= 0.3 is 0 Å². The van der Waals surface area contributed by atoms with Crippen LogP contribution in [0.4, 0.5) is 5.69 Å². The van der Waals surface area contributed by atoms with Crippen molar-refractivity contribution in [1.82, 2.24) is 10.2 Å². The van der Waals surface area contributed by atoms with Gasteiger partial charge < -0.3 is 10.5 Å². The second kappa shape index (κ2) is 4.28. The van der Waals surface area contributed by atoms with Crippen molar-refractivity contribution in [3.8, 4) is 17.7 Å². The smallest absolute Gasteiger partial charge is 0.238 e. The van der Waals surface area contributed by atoms with E-state index in [4.69, 9.17) is 15.7 Å². The third-order valence-corrected chi connectivity index (χ3v) is 1.89. The Labute approximate surface area is 92.1 Å². The van der Waals surface area contributed by atoms with Gasteiger partial charge in [-0.05, 0) is 24.3 Å². The summed E-state index contributed by atoms with van der Waals surface area (Å²) in [6.45, 7) is 0. The number of hydrogen-bond donors (Lipinski definition) is 1. The normalized spacial score (nSPS) is 9.44. The van der Waals surface area contributed by atoms with E-state index in [-0.39, 0.29) is 0 Å². The van der Waals surface area contributed by atoms with Crippen LogP contribution in [0.2, 0.25) is 0 Å². The van der Waals surface area contributed by atoms with Gasteiger partial charge in [0.05, 0.1) is 5.56 Å². The van der Waals surface area contributed by atoms with E-state index in [1.54, 1.807) is 36.5 Å². The highest BCUT2D eigenvalue weighted by Crippen LogP contribution is 2.24. The fraction of sp³-hybridized carbons (Fsp3) is 0. The molecule has 0 spiro atoms. The van der Waals surface area contributed by atoms with Crippen molar-refractivity contribution in [2.45, 2.75) is 0 Å². The van der Waals surface area contributed by atoms with Crippen LogP contribution in [0.3, 0.4) is 0 Å². The summed E-state index contributed by atoms with van der Waals surface area (Å²) in [4.78, 5) is 0. The molecule has 0 aliphatic rings. The zero-order valence-electron chi connectivity index (χ0n) is 8.29. The molecule has 0 aliphatic heterocycles. The first kappa shape index (κ1) is 9.93. The minimum Gasteiger partial charge on any atom is -0.436 e. The second-order valence-electron chi connectivity index (χ2n) is 3.03. The van der Waals surface area contributed by atoms with Crippen LogP contribution in [0.5, 0.6) is 11.6 Å².